The van der Waals surface area contributed by atoms with E-state index >= 15 is 0 Å². The first-order valence-electron chi connectivity index (χ1n) is 6.43. The summed E-state index contributed by atoms with van der Waals surface area (Å²) in [6.07, 6.45) is 3.75. The molecule has 1 heterocycles. The second-order valence-corrected chi connectivity index (χ2v) is 5.83. The number of nitrogens with one attached hydrogen (secondary N) is 1. The fraction of sp³-hybridized carbons (Fsp3) is 0.692. The Morgan fingerprint density at radius 2 is 2.06 bits per heavy atom. The van der Waals surface area contributed by atoms with Crippen LogP contribution in [0.5, 0.6) is 0 Å². The highest BCUT2D eigenvalue weighted by molar-refractivity contribution is 6.30. The molecule has 0 saturated heterocycles. The van der Waals surface area contributed by atoms with Gasteiger partial charge in [0.25, 0.3) is 0 Å². The van der Waals surface area contributed by atoms with Crippen molar-refractivity contribution in [2.45, 2.75) is 39.0 Å². The minimum Gasteiger partial charge on any atom is -0.369 e. The van der Waals surface area contributed by atoms with Crippen molar-refractivity contribution in [1.29, 1.82) is 0 Å². The van der Waals surface area contributed by atoms with E-state index in [1.807, 2.05) is 6.92 Å². The average Bonchev–Trinajstić information content (AvgIpc) is 3.16. The minimum absolute atomic E-state index is 0.550. The number of halogens is 1. The van der Waals surface area contributed by atoms with Crippen LogP contribution in [0.2, 0.25) is 5.15 Å². The fourth-order valence-corrected chi connectivity index (χ4v) is 2.29. The van der Waals surface area contributed by atoms with Gasteiger partial charge in [-0.1, -0.05) is 18.5 Å². The molecule has 2 aliphatic carbocycles. The van der Waals surface area contributed by atoms with E-state index in [9.17, 15) is 0 Å². The third-order valence-corrected chi connectivity index (χ3v) is 4.22. The Labute approximate surface area is 107 Å². The van der Waals surface area contributed by atoms with Gasteiger partial charge in [-0.3, -0.25) is 0 Å². The number of aromatic nitrogens is 2. The van der Waals surface area contributed by atoms with Crippen LogP contribution in [0, 0.1) is 18.8 Å². The summed E-state index contributed by atoms with van der Waals surface area (Å²) in [4.78, 5) is 8.98. The van der Waals surface area contributed by atoms with Gasteiger partial charge in [0, 0.05) is 18.0 Å². The van der Waals surface area contributed by atoms with E-state index in [0.717, 1.165) is 35.6 Å². The maximum atomic E-state index is 6.16. The van der Waals surface area contributed by atoms with Crippen LogP contribution in [0.3, 0.4) is 0 Å². The molecule has 0 aliphatic heterocycles. The van der Waals surface area contributed by atoms with E-state index in [2.05, 4.69) is 22.2 Å². The summed E-state index contributed by atoms with van der Waals surface area (Å²) in [5.74, 6) is 4.09. The summed E-state index contributed by atoms with van der Waals surface area (Å²) < 4.78 is 0. The molecule has 0 aromatic carbocycles. The molecule has 2 aliphatic rings. The SMILES string of the molecule is Cc1c(Cl)nc(C2CC2)nc1NCC1CC1C. The molecule has 92 valence electrons. The molecule has 3 nitrogen and oxygen atoms in total. The van der Waals surface area contributed by atoms with Crippen molar-refractivity contribution in [1.82, 2.24) is 9.97 Å². The van der Waals surface area contributed by atoms with E-state index in [1.165, 1.54) is 19.3 Å². The fourth-order valence-electron chi connectivity index (χ4n) is 2.11. The highest BCUT2D eigenvalue weighted by Crippen LogP contribution is 2.40. The molecule has 0 bridgehead atoms. The zero-order valence-corrected chi connectivity index (χ0v) is 11.1. The van der Waals surface area contributed by atoms with E-state index in [0.29, 0.717) is 11.1 Å². The molecule has 2 saturated carbocycles. The Morgan fingerprint density at radius 3 is 2.65 bits per heavy atom. The van der Waals surface area contributed by atoms with Crippen LogP contribution in [-0.4, -0.2) is 16.5 Å². The van der Waals surface area contributed by atoms with Crippen LogP contribution in [-0.2, 0) is 0 Å². The molecule has 17 heavy (non-hydrogen) atoms. The second-order valence-electron chi connectivity index (χ2n) is 5.47. The number of hydrogen-bond donors (Lipinski definition) is 1. The molecule has 2 unspecified atom stereocenters. The summed E-state index contributed by atoms with van der Waals surface area (Å²) in [5, 5.41) is 4.04. The van der Waals surface area contributed by atoms with Gasteiger partial charge in [0.1, 0.15) is 16.8 Å². The highest BCUT2D eigenvalue weighted by atomic mass is 35.5. The molecule has 1 N–H and O–H groups in total. The lowest BCUT2D eigenvalue weighted by atomic mass is 10.3. The van der Waals surface area contributed by atoms with E-state index in [4.69, 9.17) is 11.6 Å². The first-order valence-corrected chi connectivity index (χ1v) is 6.81. The van der Waals surface area contributed by atoms with Crippen LogP contribution in [0.4, 0.5) is 5.82 Å². The monoisotopic (exact) mass is 251 g/mol. The third kappa shape index (κ3) is 2.39. The van der Waals surface area contributed by atoms with E-state index in [1.54, 1.807) is 0 Å². The van der Waals surface area contributed by atoms with Crippen LogP contribution in [0.15, 0.2) is 0 Å². The average molecular weight is 252 g/mol. The standard InChI is InChI=1S/C13H18ClN3/c1-7-5-10(7)6-15-12-8(2)11(14)16-13(17-12)9-3-4-9/h7,9-10H,3-6H2,1-2H3,(H,15,16,17). The second kappa shape index (κ2) is 4.13. The lowest BCUT2D eigenvalue weighted by Gasteiger charge is -2.10. The molecule has 1 aromatic rings. The van der Waals surface area contributed by atoms with Crippen molar-refractivity contribution in [2.24, 2.45) is 11.8 Å². The lowest BCUT2D eigenvalue weighted by Crippen LogP contribution is -2.10. The smallest absolute Gasteiger partial charge is 0.137 e. The summed E-state index contributed by atoms with van der Waals surface area (Å²) in [7, 11) is 0. The predicted octanol–water partition coefficient (Wildman–Crippen LogP) is 3.38. The number of rotatable bonds is 4. The molecular weight excluding hydrogens is 234 g/mol. The van der Waals surface area contributed by atoms with E-state index in [-0.39, 0.29) is 0 Å². The predicted molar refractivity (Wildman–Crippen MR) is 69.5 cm³/mol. The zero-order valence-electron chi connectivity index (χ0n) is 10.3. The number of nitrogens with zero attached hydrogens (tertiary/aromatic N) is 2. The maximum absolute atomic E-state index is 6.16. The van der Waals surface area contributed by atoms with Crippen molar-refractivity contribution >= 4 is 17.4 Å². The summed E-state index contributed by atoms with van der Waals surface area (Å²) in [6, 6.07) is 0. The first-order chi connectivity index (χ1) is 8.15. The van der Waals surface area contributed by atoms with Crippen molar-refractivity contribution in [3.8, 4) is 0 Å². The summed E-state index contributed by atoms with van der Waals surface area (Å²) in [6.45, 7) is 5.29. The van der Waals surface area contributed by atoms with Crippen molar-refractivity contribution in [2.75, 3.05) is 11.9 Å². The molecule has 0 spiro atoms. The molecule has 2 atom stereocenters. The van der Waals surface area contributed by atoms with Crippen molar-refractivity contribution in [3.63, 3.8) is 0 Å². The molecule has 3 rings (SSSR count). The largest absolute Gasteiger partial charge is 0.369 e. The Balaban J connectivity index is 1.76. The van der Waals surface area contributed by atoms with Gasteiger partial charge < -0.3 is 5.32 Å². The highest BCUT2D eigenvalue weighted by Gasteiger charge is 2.32. The Morgan fingerprint density at radius 1 is 1.35 bits per heavy atom. The molecular formula is C13H18ClN3. The van der Waals surface area contributed by atoms with Gasteiger partial charge in [-0.15, -0.1) is 0 Å². The number of anilines is 1. The quantitative estimate of drug-likeness (QED) is 0.834. The van der Waals surface area contributed by atoms with Gasteiger partial charge in [-0.05, 0) is 38.0 Å². The Kier molecular flexibility index (Phi) is 2.74. The van der Waals surface area contributed by atoms with Crippen molar-refractivity contribution < 1.29 is 0 Å². The Hall–Kier alpha value is -0.830. The molecule has 2 fully saturated rings. The van der Waals surface area contributed by atoms with Gasteiger partial charge in [0.2, 0.25) is 0 Å². The van der Waals surface area contributed by atoms with Gasteiger partial charge in [-0.25, -0.2) is 9.97 Å². The van der Waals surface area contributed by atoms with E-state index < -0.39 is 0 Å². The normalized spacial score (nSPS) is 27.0. The minimum atomic E-state index is 0.550. The van der Waals surface area contributed by atoms with Crippen LogP contribution in [0.1, 0.15) is 43.5 Å². The van der Waals surface area contributed by atoms with Gasteiger partial charge in [-0.2, -0.15) is 0 Å². The van der Waals surface area contributed by atoms with Gasteiger partial charge in [0.05, 0.1) is 0 Å². The number of hydrogen-bond acceptors (Lipinski definition) is 3. The van der Waals surface area contributed by atoms with Crippen LogP contribution < -0.4 is 5.32 Å². The topological polar surface area (TPSA) is 37.8 Å². The lowest BCUT2D eigenvalue weighted by molar-refractivity contribution is 0.780. The summed E-state index contributed by atoms with van der Waals surface area (Å²) in [5.41, 5.74) is 0.976. The first kappa shape index (κ1) is 11.3. The molecule has 0 radical (unpaired) electrons. The maximum Gasteiger partial charge on any atom is 0.137 e. The third-order valence-electron chi connectivity index (χ3n) is 3.85. The van der Waals surface area contributed by atoms with Crippen LogP contribution >= 0.6 is 11.6 Å². The van der Waals surface area contributed by atoms with Gasteiger partial charge in [0.15, 0.2) is 0 Å². The summed E-state index contributed by atoms with van der Waals surface area (Å²) >= 11 is 6.16. The molecule has 4 heteroatoms. The Bertz CT molecular complexity index is 443. The van der Waals surface area contributed by atoms with Crippen LogP contribution in [0.25, 0.3) is 0 Å². The molecule has 0 amide bonds. The zero-order chi connectivity index (χ0) is 12.0. The molecule has 1 aromatic heterocycles. The van der Waals surface area contributed by atoms with Gasteiger partial charge >= 0.3 is 0 Å². The van der Waals surface area contributed by atoms with Crippen molar-refractivity contribution in [3.05, 3.63) is 16.5 Å².